The average Bonchev–Trinajstić information content (AvgIpc) is 2.36. The van der Waals surface area contributed by atoms with Crippen molar-refractivity contribution in [2.45, 2.75) is 12.3 Å². The fourth-order valence-corrected chi connectivity index (χ4v) is 1.54. The van der Waals surface area contributed by atoms with Crippen molar-refractivity contribution in [1.82, 2.24) is 9.97 Å². The predicted octanol–water partition coefficient (Wildman–Crippen LogP) is 3.17. The van der Waals surface area contributed by atoms with Gasteiger partial charge in [0.05, 0.1) is 5.52 Å². The van der Waals surface area contributed by atoms with Gasteiger partial charge in [-0.3, -0.25) is 0 Å². The summed E-state index contributed by atoms with van der Waals surface area (Å²) in [6.07, 6.45) is -3.94. The number of halogens is 5. The number of fused-ring (bicyclic) bond motifs is 1. The van der Waals surface area contributed by atoms with Crippen LogP contribution in [-0.2, 0) is 5.92 Å². The molecule has 0 atom stereocenters. The quantitative estimate of drug-likeness (QED) is 0.876. The third kappa shape index (κ3) is 2.29. The first-order chi connectivity index (χ1) is 8.86. The van der Waals surface area contributed by atoms with E-state index in [9.17, 15) is 22.0 Å². The summed E-state index contributed by atoms with van der Waals surface area (Å²) in [5.74, 6) is -6.61. The largest absolute Gasteiger partial charge is 0.373 e. The van der Waals surface area contributed by atoms with Gasteiger partial charge in [0, 0.05) is 18.5 Å². The maximum absolute atomic E-state index is 13.2. The lowest BCUT2D eigenvalue weighted by molar-refractivity contribution is -0.140. The molecule has 0 aliphatic heterocycles. The Kier molecular flexibility index (Phi) is 3.25. The third-order valence-corrected chi connectivity index (χ3v) is 2.47. The molecule has 1 N–H and O–H groups in total. The van der Waals surface area contributed by atoms with Gasteiger partial charge in [0.25, 0.3) is 0 Å². The molecule has 0 fully saturated rings. The molecule has 0 saturated carbocycles. The van der Waals surface area contributed by atoms with E-state index in [2.05, 4.69) is 15.3 Å². The lowest BCUT2D eigenvalue weighted by atomic mass is 10.2. The normalized spacial score (nSPS) is 12.2. The summed E-state index contributed by atoms with van der Waals surface area (Å²) >= 11 is 0. The number of alkyl halides is 4. The van der Waals surface area contributed by atoms with Crippen LogP contribution in [0.1, 0.15) is 5.82 Å². The molecule has 1 aromatic carbocycles. The number of benzene rings is 1. The van der Waals surface area contributed by atoms with E-state index < -0.39 is 24.0 Å². The highest BCUT2D eigenvalue weighted by Crippen LogP contribution is 2.34. The highest BCUT2D eigenvalue weighted by Gasteiger charge is 2.46. The Hall–Kier alpha value is -1.99. The molecule has 19 heavy (non-hydrogen) atoms. The summed E-state index contributed by atoms with van der Waals surface area (Å²) in [7, 11) is 1.38. The molecule has 0 spiro atoms. The first-order valence-electron chi connectivity index (χ1n) is 5.17. The number of anilines is 1. The fourth-order valence-electron chi connectivity index (χ4n) is 1.54. The highest BCUT2D eigenvalue weighted by atomic mass is 19.3. The van der Waals surface area contributed by atoms with Crippen molar-refractivity contribution < 1.29 is 22.0 Å². The summed E-state index contributed by atoms with van der Waals surface area (Å²) in [6, 6.07) is 3.25. The van der Waals surface area contributed by atoms with E-state index in [1.165, 1.54) is 13.1 Å². The average molecular weight is 277 g/mol. The van der Waals surface area contributed by atoms with Gasteiger partial charge in [0.1, 0.15) is 11.6 Å². The lowest BCUT2D eigenvalue weighted by Crippen LogP contribution is -2.26. The molecular weight excluding hydrogens is 269 g/mol. The first-order valence-corrected chi connectivity index (χ1v) is 5.17. The van der Waals surface area contributed by atoms with Crippen LogP contribution in [0.4, 0.5) is 27.8 Å². The van der Waals surface area contributed by atoms with Gasteiger partial charge in [0.15, 0.2) is 0 Å². The van der Waals surface area contributed by atoms with Crippen LogP contribution < -0.4 is 5.32 Å². The number of aromatic nitrogens is 2. The molecule has 2 rings (SSSR count). The molecule has 0 aliphatic rings. The molecule has 1 heterocycles. The zero-order valence-electron chi connectivity index (χ0n) is 9.59. The molecule has 2 aromatic rings. The van der Waals surface area contributed by atoms with Crippen LogP contribution in [0.15, 0.2) is 18.2 Å². The summed E-state index contributed by atoms with van der Waals surface area (Å²) in [5, 5.41) is 2.75. The van der Waals surface area contributed by atoms with Crippen molar-refractivity contribution in [3.8, 4) is 0 Å². The Bertz CT molecular complexity index is 615. The van der Waals surface area contributed by atoms with Crippen LogP contribution in [0.2, 0.25) is 0 Å². The number of rotatable bonds is 3. The van der Waals surface area contributed by atoms with Gasteiger partial charge in [0.2, 0.25) is 5.82 Å². The zero-order chi connectivity index (χ0) is 14.2. The SMILES string of the molecule is CNc1nc(C(F)(F)C(F)F)nc2cc(F)ccc12. The molecule has 0 radical (unpaired) electrons. The van der Waals surface area contributed by atoms with E-state index in [-0.39, 0.29) is 16.7 Å². The highest BCUT2D eigenvalue weighted by molar-refractivity contribution is 5.89. The van der Waals surface area contributed by atoms with Crippen LogP contribution in [-0.4, -0.2) is 23.4 Å². The standard InChI is InChI=1S/C11H8F5N3/c1-17-8-6-3-2-5(12)4-7(6)18-10(19-8)11(15,16)9(13)14/h2-4,9H,1H3,(H,17,18,19). The molecule has 0 bridgehead atoms. The molecular formula is C11H8F5N3. The van der Waals surface area contributed by atoms with E-state index in [4.69, 9.17) is 0 Å². The van der Waals surface area contributed by atoms with Gasteiger partial charge in [-0.25, -0.2) is 23.1 Å². The van der Waals surface area contributed by atoms with E-state index in [0.29, 0.717) is 0 Å². The Balaban J connectivity index is 2.71. The Morgan fingerprint density at radius 1 is 1.21 bits per heavy atom. The summed E-state index contributed by atoms with van der Waals surface area (Å²) < 4.78 is 64.1. The van der Waals surface area contributed by atoms with E-state index >= 15 is 0 Å². The molecule has 0 saturated heterocycles. The Morgan fingerprint density at radius 2 is 1.89 bits per heavy atom. The second-order valence-electron chi connectivity index (χ2n) is 3.73. The maximum atomic E-state index is 13.2. The number of hydrogen-bond acceptors (Lipinski definition) is 3. The lowest BCUT2D eigenvalue weighted by Gasteiger charge is -2.15. The van der Waals surface area contributed by atoms with Crippen LogP contribution in [0.5, 0.6) is 0 Å². The molecule has 3 nitrogen and oxygen atoms in total. The molecule has 102 valence electrons. The minimum Gasteiger partial charge on any atom is -0.373 e. The third-order valence-electron chi connectivity index (χ3n) is 2.47. The van der Waals surface area contributed by atoms with Crippen LogP contribution >= 0.6 is 0 Å². The Labute approximate surface area is 104 Å². The first kappa shape index (κ1) is 13.4. The number of nitrogens with one attached hydrogen (secondary N) is 1. The number of hydrogen-bond donors (Lipinski definition) is 1. The minimum atomic E-state index is -4.49. The minimum absolute atomic E-state index is 0.0691. The predicted molar refractivity (Wildman–Crippen MR) is 58.9 cm³/mol. The second-order valence-corrected chi connectivity index (χ2v) is 3.73. The summed E-state index contributed by atoms with van der Waals surface area (Å²) in [5.41, 5.74) is -0.172. The molecule has 0 amide bonds. The van der Waals surface area contributed by atoms with Crippen molar-refractivity contribution in [3.05, 3.63) is 29.8 Å². The summed E-state index contributed by atoms with van der Waals surface area (Å²) in [6.45, 7) is 0. The van der Waals surface area contributed by atoms with Crippen LogP contribution in [0, 0.1) is 5.82 Å². The van der Waals surface area contributed by atoms with E-state index in [1.807, 2.05) is 0 Å². The Morgan fingerprint density at radius 3 is 2.47 bits per heavy atom. The van der Waals surface area contributed by atoms with E-state index in [0.717, 1.165) is 12.1 Å². The second kappa shape index (κ2) is 4.60. The summed E-state index contributed by atoms with van der Waals surface area (Å²) in [4.78, 5) is 6.68. The van der Waals surface area contributed by atoms with Gasteiger partial charge in [-0.05, 0) is 12.1 Å². The molecule has 0 unspecified atom stereocenters. The monoisotopic (exact) mass is 277 g/mol. The van der Waals surface area contributed by atoms with Crippen LogP contribution in [0.25, 0.3) is 10.9 Å². The molecule has 8 heteroatoms. The number of nitrogens with zero attached hydrogens (tertiary/aromatic N) is 2. The van der Waals surface area contributed by atoms with Gasteiger partial charge < -0.3 is 5.32 Å². The topological polar surface area (TPSA) is 37.8 Å². The smallest absolute Gasteiger partial charge is 0.365 e. The van der Waals surface area contributed by atoms with Crippen molar-refractivity contribution >= 4 is 16.7 Å². The van der Waals surface area contributed by atoms with Crippen molar-refractivity contribution in [2.24, 2.45) is 0 Å². The van der Waals surface area contributed by atoms with Crippen molar-refractivity contribution in [3.63, 3.8) is 0 Å². The molecule has 0 aliphatic carbocycles. The van der Waals surface area contributed by atoms with Crippen molar-refractivity contribution in [1.29, 1.82) is 0 Å². The molecule has 1 aromatic heterocycles. The van der Waals surface area contributed by atoms with Gasteiger partial charge in [-0.1, -0.05) is 0 Å². The van der Waals surface area contributed by atoms with Gasteiger partial charge in [-0.15, -0.1) is 0 Å². The fraction of sp³-hybridized carbons (Fsp3) is 0.273. The van der Waals surface area contributed by atoms with Gasteiger partial charge in [-0.2, -0.15) is 8.78 Å². The van der Waals surface area contributed by atoms with Crippen molar-refractivity contribution in [2.75, 3.05) is 12.4 Å². The maximum Gasteiger partial charge on any atom is 0.365 e. The van der Waals surface area contributed by atoms with Crippen LogP contribution in [0.3, 0.4) is 0 Å². The van der Waals surface area contributed by atoms with E-state index in [1.54, 1.807) is 0 Å². The zero-order valence-corrected chi connectivity index (χ0v) is 9.59. The van der Waals surface area contributed by atoms with Gasteiger partial charge >= 0.3 is 12.3 Å².